The number of piperazine rings is 1. The average Bonchev–Trinajstić information content (AvgIpc) is 2.91. The largest absolute Gasteiger partial charge is 0.354 e. The fourth-order valence-corrected chi connectivity index (χ4v) is 5.07. The van der Waals surface area contributed by atoms with Crippen LogP contribution in [0.3, 0.4) is 0 Å². The number of piperidine rings is 1. The van der Waals surface area contributed by atoms with Gasteiger partial charge in [-0.3, -0.25) is 14.7 Å². The molecule has 2 aliphatic rings. The molecule has 2 fully saturated rings. The van der Waals surface area contributed by atoms with Crippen molar-refractivity contribution >= 4 is 17.8 Å². The van der Waals surface area contributed by atoms with Gasteiger partial charge in [0.05, 0.1) is 11.2 Å². The number of amides is 3. The zero-order valence-corrected chi connectivity index (χ0v) is 22.4. The number of carbonyl (C=O) groups excluding carboxylic acids is 2. The molecule has 1 unspecified atom stereocenters. The van der Waals surface area contributed by atoms with E-state index >= 15 is 0 Å². The van der Waals surface area contributed by atoms with Crippen LogP contribution in [0.1, 0.15) is 32.3 Å². The Bertz CT molecular complexity index is 1180. The minimum atomic E-state index is -0.945. The van der Waals surface area contributed by atoms with E-state index in [1.54, 1.807) is 35.9 Å². The van der Waals surface area contributed by atoms with Gasteiger partial charge in [0, 0.05) is 45.5 Å². The molecule has 4 rings (SSSR count). The number of hydrogen-bond donors (Lipinski definition) is 3. The Hall–Kier alpha value is -3.28. The summed E-state index contributed by atoms with van der Waals surface area (Å²) in [6, 6.07) is 9.16. The highest BCUT2D eigenvalue weighted by molar-refractivity contribution is 5.89. The molecule has 206 valence electrons. The number of anilines is 1. The van der Waals surface area contributed by atoms with Crippen molar-refractivity contribution < 1.29 is 9.59 Å². The predicted molar refractivity (Wildman–Crippen MR) is 147 cm³/mol. The molecule has 3 heterocycles. The summed E-state index contributed by atoms with van der Waals surface area (Å²) in [6.45, 7) is 8.76. The van der Waals surface area contributed by atoms with E-state index in [1.165, 1.54) is 17.4 Å². The Labute approximate surface area is 223 Å². The van der Waals surface area contributed by atoms with E-state index in [1.807, 2.05) is 18.2 Å². The van der Waals surface area contributed by atoms with E-state index in [2.05, 4.69) is 21.3 Å². The number of nitrogens with zero attached hydrogens (tertiary/aromatic N) is 5. The molecular formula is C27H40N8O3. The molecule has 1 aromatic carbocycles. The third kappa shape index (κ3) is 6.97. The number of nitrogens with two attached hydrogens (primary N) is 2. The molecule has 2 saturated heterocycles. The lowest BCUT2D eigenvalue weighted by Gasteiger charge is -2.37. The first-order chi connectivity index (χ1) is 18.1. The van der Waals surface area contributed by atoms with Crippen LogP contribution in [0.5, 0.6) is 0 Å². The number of urea groups is 1. The van der Waals surface area contributed by atoms with Gasteiger partial charge in [-0.1, -0.05) is 12.1 Å². The third-order valence-electron chi connectivity index (χ3n) is 7.29. The van der Waals surface area contributed by atoms with Crippen LogP contribution in [0.4, 0.5) is 10.6 Å². The van der Waals surface area contributed by atoms with Crippen molar-refractivity contribution in [1.82, 2.24) is 24.3 Å². The molecule has 11 nitrogen and oxygen atoms in total. The Balaban J connectivity index is 1.33. The second-order valence-corrected chi connectivity index (χ2v) is 10.9. The Morgan fingerprint density at radius 3 is 2.53 bits per heavy atom. The lowest BCUT2D eigenvalue weighted by Crippen LogP contribution is -2.58. The first-order valence-electron chi connectivity index (χ1n) is 13.4. The van der Waals surface area contributed by atoms with Crippen LogP contribution >= 0.6 is 0 Å². The summed E-state index contributed by atoms with van der Waals surface area (Å²) in [5.41, 5.74) is 12.2. The average molecular weight is 525 g/mol. The van der Waals surface area contributed by atoms with Crippen LogP contribution < -0.4 is 22.5 Å². The van der Waals surface area contributed by atoms with E-state index in [9.17, 15) is 14.4 Å². The molecular weight excluding hydrogens is 484 g/mol. The van der Waals surface area contributed by atoms with E-state index in [0.29, 0.717) is 32.1 Å². The van der Waals surface area contributed by atoms with Crippen LogP contribution in [0, 0.1) is 5.92 Å². The first-order valence-corrected chi connectivity index (χ1v) is 13.4. The quantitative estimate of drug-likeness (QED) is 0.487. The monoisotopic (exact) mass is 524 g/mol. The number of carbonyl (C=O) groups is 2. The fraction of sp³-hybridized carbons (Fsp3) is 0.556. The van der Waals surface area contributed by atoms with Crippen LogP contribution in [0.25, 0.3) is 5.69 Å². The Morgan fingerprint density at radius 2 is 1.84 bits per heavy atom. The predicted octanol–water partition coefficient (Wildman–Crippen LogP) is 0.859. The number of rotatable bonds is 7. The van der Waals surface area contributed by atoms with Gasteiger partial charge in [-0.05, 0) is 75.9 Å². The maximum absolute atomic E-state index is 12.8. The minimum Gasteiger partial charge on any atom is -0.338 e. The first kappa shape index (κ1) is 27.7. The maximum Gasteiger partial charge on any atom is 0.354 e. The highest BCUT2D eigenvalue weighted by atomic mass is 16.2. The summed E-state index contributed by atoms with van der Waals surface area (Å²) in [4.78, 5) is 47.7. The van der Waals surface area contributed by atoms with Crippen molar-refractivity contribution in [3.63, 3.8) is 0 Å². The number of aromatic nitrogens is 2. The molecule has 11 heteroatoms. The number of hydrogen-bond acceptors (Lipinski definition) is 7. The molecule has 3 amide bonds. The van der Waals surface area contributed by atoms with E-state index < -0.39 is 11.2 Å². The van der Waals surface area contributed by atoms with Crippen molar-refractivity contribution in [2.45, 2.75) is 38.6 Å². The van der Waals surface area contributed by atoms with Gasteiger partial charge in [0.2, 0.25) is 5.91 Å². The minimum absolute atomic E-state index is 0.140. The number of likely N-dealkylation sites (tertiary alicyclic amines) is 1. The Morgan fingerprint density at radius 1 is 1.11 bits per heavy atom. The van der Waals surface area contributed by atoms with Gasteiger partial charge in [0.25, 0.3) is 0 Å². The van der Waals surface area contributed by atoms with Crippen molar-refractivity contribution in [3.8, 4) is 5.69 Å². The lowest BCUT2D eigenvalue weighted by atomic mass is 9.98. The molecule has 5 N–H and O–H groups in total. The third-order valence-corrected chi connectivity index (χ3v) is 7.29. The summed E-state index contributed by atoms with van der Waals surface area (Å²) >= 11 is 0. The number of benzene rings is 1. The molecule has 0 radical (unpaired) electrons. The molecule has 1 atom stereocenters. The molecule has 0 saturated carbocycles. The topological polar surface area (TPSA) is 143 Å². The molecule has 1 aromatic heterocycles. The summed E-state index contributed by atoms with van der Waals surface area (Å²) in [6.07, 6.45) is 4.91. The summed E-state index contributed by atoms with van der Waals surface area (Å²) < 4.78 is 1.48. The molecule has 38 heavy (non-hydrogen) atoms. The molecule has 0 spiro atoms. The van der Waals surface area contributed by atoms with E-state index in [4.69, 9.17) is 11.5 Å². The summed E-state index contributed by atoms with van der Waals surface area (Å²) in [5, 5.41) is 2.70. The molecule has 0 bridgehead atoms. The second-order valence-electron chi connectivity index (χ2n) is 10.9. The highest BCUT2D eigenvalue weighted by Gasteiger charge is 2.31. The van der Waals surface area contributed by atoms with Gasteiger partial charge < -0.3 is 26.2 Å². The maximum atomic E-state index is 12.8. The van der Waals surface area contributed by atoms with E-state index in [-0.39, 0.29) is 17.8 Å². The molecule has 2 aromatic rings. The van der Waals surface area contributed by atoms with Crippen molar-refractivity contribution in [1.29, 1.82) is 0 Å². The zero-order valence-electron chi connectivity index (χ0n) is 22.4. The van der Waals surface area contributed by atoms with Crippen LogP contribution in [0.2, 0.25) is 0 Å². The van der Waals surface area contributed by atoms with Crippen LogP contribution in [-0.4, -0.2) is 94.1 Å². The van der Waals surface area contributed by atoms with Gasteiger partial charge in [-0.15, -0.1) is 0 Å². The van der Waals surface area contributed by atoms with Crippen molar-refractivity contribution in [2.75, 3.05) is 57.7 Å². The standard InChI is InChI=1S/C27H40N8O3/c1-27(2,29)24(36)33-13-15-34(16-14-33)25(37)30-23-9-12-35(26(38)31-23)22-7-3-5-20(17-22)8-11-32-10-4-6-21(18-28)19-32/h3,5,7,9,12,17,21H,4,6,8,10-11,13-16,18-19,28-29H2,1-2H3,(H,30,31,37,38). The van der Waals surface area contributed by atoms with Gasteiger partial charge in [-0.25, -0.2) is 9.59 Å². The summed E-state index contributed by atoms with van der Waals surface area (Å²) in [7, 11) is 0. The zero-order chi connectivity index (χ0) is 27.3. The van der Waals surface area contributed by atoms with E-state index in [0.717, 1.165) is 43.9 Å². The van der Waals surface area contributed by atoms with Crippen LogP contribution in [-0.2, 0) is 11.2 Å². The Kier molecular flexibility index (Phi) is 8.80. The van der Waals surface area contributed by atoms with Crippen molar-refractivity contribution in [3.05, 3.63) is 52.6 Å². The van der Waals surface area contributed by atoms with Gasteiger partial charge in [0.1, 0.15) is 5.82 Å². The fourth-order valence-electron chi connectivity index (χ4n) is 5.07. The van der Waals surface area contributed by atoms with Crippen LogP contribution in [0.15, 0.2) is 41.3 Å². The molecule has 2 aliphatic heterocycles. The van der Waals surface area contributed by atoms with Gasteiger partial charge >= 0.3 is 11.7 Å². The lowest BCUT2D eigenvalue weighted by molar-refractivity contribution is -0.137. The normalized spacial score (nSPS) is 18.9. The second kappa shape index (κ2) is 12.1. The number of nitrogens with one attached hydrogen (secondary N) is 1. The SMILES string of the molecule is CC(C)(N)C(=O)N1CCN(C(=O)Nc2ccn(-c3cccc(CCN4CCCC(CN)C4)c3)c(=O)n2)CC1. The van der Waals surface area contributed by atoms with Gasteiger partial charge in [0.15, 0.2) is 0 Å². The van der Waals surface area contributed by atoms with Crippen molar-refractivity contribution in [2.24, 2.45) is 17.4 Å². The highest BCUT2D eigenvalue weighted by Crippen LogP contribution is 2.17. The molecule has 0 aliphatic carbocycles. The summed E-state index contributed by atoms with van der Waals surface area (Å²) in [5.74, 6) is 0.628. The van der Waals surface area contributed by atoms with Gasteiger partial charge in [-0.2, -0.15) is 4.98 Å². The smallest absolute Gasteiger partial charge is 0.338 e.